The molecule has 0 spiro atoms. The van der Waals surface area contributed by atoms with Crippen LogP contribution in [0.2, 0.25) is 0 Å². The fourth-order valence-electron chi connectivity index (χ4n) is 2.92. The highest BCUT2D eigenvalue weighted by molar-refractivity contribution is 7.80. The van der Waals surface area contributed by atoms with Gasteiger partial charge in [0.15, 0.2) is 5.11 Å². The highest BCUT2D eigenvalue weighted by Gasteiger charge is 2.31. The minimum Gasteiger partial charge on any atom is -0.382 e. The number of hydrogen-bond acceptors (Lipinski definition) is 3. The Morgan fingerprint density at radius 2 is 2.04 bits per heavy atom. The molecule has 0 aliphatic carbocycles. The highest BCUT2D eigenvalue weighted by atomic mass is 32.1. The first kappa shape index (κ1) is 19.2. The van der Waals surface area contributed by atoms with Crippen molar-refractivity contribution in [2.24, 2.45) is 0 Å². The summed E-state index contributed by atoms with van der Waals surface area (Å²) in [5, 5.41) is 6.89. The minimum absolute atomic E-state index is 0.0815. The molecule has 2 heterocycles. The van der Waals surface area contributed by atoms with Crippen molar-refractivity contribution in [3.05, 3.63) is 53.7 Å². The normalized spacial score (nSPS) is 15.2. The summed E-state index contributed by atoms with van der Waals surface area (Å²) in [5.41, 5.74) is 0.679. The molecule has 27 heavy (non-hydrogen) atoms. The molecule has 1 saturated heterocycles. The fourth-order valence-corrected chi connectivity index (χ4v) is 3.20. The quantitative estimate of drug-likeness (QED) is 0.763. The maximum Gasteiger partial charge on any atom is 0.424 e. The summed E-state index contributed by atoms with van der Waals surface area (Å²) in [6.07, 6.45) is -1.16. The van der Waals surface area contributed by atoms with E-state index in [4.69, 9.17) is 12.2 Å². The van der Waals surface area contributed by atoms with E-state index >= 15 is 0 Å². The smallest absolute Gasteiger partial charge is 0.382 e. The predicted molar refractivity (Wildman–Crippen MR) is 103 cm³/mol. The summed E-state index contributed by atoms with van der Waals surface area (Å²) in [4.78, 5) is 6.28. The van der Waals surface area contributed by atoms with Gasteiger partial charge in [-0.1, -0.05) is 12.1 Å². The topological polar surface area (TPSA) is 40.2 Å². The summed E-state index contributed by atoms with van der Waals surface area (Å²) in [6, 6.07) is 11.0. The first-order valence-electron chi connectivity index (χ1n) is 8.57. The monoisotopic (exact) mass is 392 g/mol. The van der Waals surface area contributed by atoms with Crippen molar-refractivity contribution in [3.8, 4) is 0 Å². The standard InChI is InChI=1S/C19H19F3N4S/c1-13-5-8-23-17(11-13)25-18(27)26-9-6-15(7-10-26)24-16-4-2-3-14(12-16)19(20,21)22/h4-5,8,11-12,15,24H,6-7,9-10H2,1H3,(H,23,25,27). The van der Waals surface area contributed by atoms with E-state index < -0.39 is 11.7 Å². The van der Waals surface area contributed by atoms with Gasteiger partial charge in [0.1, 0.15) is 11.4 Å². The molecule has 1 aromatic carbocycles. The van der Waals surface area contributed by atoms with E-state index in [2.05, 4.69) is 27.8 Å². The van der Waals surface area contributed by atoms with Gasteiger partial charge in [-0.15, -0.1) is 0 Å². The lowest BCUT2D eigenvalue weighted by Crippen LogP contribution is -2.44. The number of alkyl halides is 3. The Morgan fingerprint density at radius 3 is 2.70 bits per heavy atom. The molecule has 3 rings (SSSR count). The molecule has 4 nitrogen and oxygen atoms in total. The van der Waals surface area contributed by atoms with E-state index in [0.717, 1.165) is 24.5 Å². The molecule has 1 aromatic heterocycles. The zero-order valence-corrected chi connectivity index (χ0v) is 15.5. The second-order valence-corrected chi connectivity index (χ2v) is 6.87. The molecule has 0 atom stereocenters. The maximum atomic E-state index is 12.8. The Balaban J connectivity index is 1.52. The Labute approximate surface area is 161 Å². The largest absolute Gasteiger partial charge is 0.424 e. The molecule has 0 bridgehead atoms. The molecule has 1 fully saturated rings. The second-order valence-electron chi connectivity index (χ2n) is 6.48. The van der Waals surface area contributed by atoms with E-state index in [1.165, 1.54) is 6.07 Å². The van der Waals surface area contributed by atoms with Crippen molar-refractivity contribution in [1.82, 2.24) is 9.88 Å². The van der Waals surface area contributed by atoms with Crippen molar-refractivity contribution < 1.29 is 13.2 Å². The van der Waals surface area contributed by atoms with Gasteiger partial charge in [-0.2, -0.15) is 13.2 Å². The van der Waals surface area contributed by atoms with Crippen LogP contribution in [0.4, 0.5) is 24.7 Å². The van der Waals surface area contributed by atoms with Crippen LogP contribution >= 0.6 is 12.2 Å². The van der Waals surface area contributed by atoms with Gasteiger partial charge in [-0.3, -0.25) is 0 Å². The maximum absolute atomic E-state index is 12.8. The molecule has 2 aromatic rings. The average Bonchev–Trinajstić information content (AvgIpc) is 2.62. The number of piperidine rings is 1. The lowest BCUT2D eigenvalue weighted by Gasteiger charge is -2.34. The van der Waals surface area contributed by atoms with Crippen LogP contribution in [0.5, 0.6) is 0 Å². The van der Waals surface area contributed by atoms with Crippen LogP contribution in [-0.4, -0.2) is 34.1 Å². The number of anilines is 2. The minimum atomic E-state index is -4.42. The van der Waals surface area contributed by atoms with Crippen LogP contribution in [-0.2, 0) is 6.18 Å². The van der Waals surface area contributed by atoms with Gasteiger partial charge >= 0.3 is 6.18 Å². The summed E-state index contributed by atoms with van der Waals surface area (Å²) in [7, 11) is 0. The van der Waals surface area contributed by atoms with E-state index in [9.17, 15) is 13.2 Å². The third-order valence-electron chi connectivity index (χ3n) is 4.34. The Kier molecular flexibility index (Phi) is 5.71. The van der Waals surface area contributed by atoms with Crippen LogP contribution in [0.15, 0.2) is 30.5 Å². The summed E-state index contributed by atoms with van der Waals surface area (Å²) in [6.45, 7) is 3.41. The fraction of sp³-hybridized carbons (Fsp3) is 0.368. The van der Waals surface area contributed by atoms with Crippen LogP contribution in [0.25, 0.3) is 0 Å². The number of thiocarbonyl (C=S) groups is 1. The first-order chi connectivity index (χ1) is 12.8. The molecule has 0 amide bonds. The molecule has 0 unspecified atom stereocenters. The first-order valence-corrected chi connectivity index (χ1v) is 8.98. The Bertz CT molecular complexity index is 802. The van der Waals surface area contributed by atoms with Crippen molar-refractivity contribution >= 4 is 28.8 Å². The van der Waals surface area contributed by atoms with Crippen LogP contribution in [0, 0.1) is 19.1 Å². The van der Waals surface area contributed by atoms with E-state index in [1.807, 2.05) is 24.0 Å². The van der Waals surface area contributed by atoms with E-state index in [1.54, 1.807) is 6.20 Å². The number of aromatic nitrogens is 1. The third-order valence-corrected chi connectivity index (χ3v) is 4.70. The lowest BCUT2D eigenvalue weighted by molar-refractivity contribution is -0.137. The van der Waals surface area contributed by atoms with Gasteiger partial charge in [0.25, 0.3) is 0 Å². The van der Waals surface area contributed by atoms with Crippen molar-refractivity contribution in [2.45, 2.75) is 32.0 Å². The zero-order valence-electron chi connectivity index (χ0n) is 14.7. The SMILES string of the molecule is Cc1ccnc(NC(=S)N2CCC(Nc3cc#cc(C(F)(F)F)c3)CC2)c1. The Hall–Kier alpha value is -2.53. The number of halogens is 3. The summed E-state index contributed by atoms with van der Waals surface area (Å²) < 4.78 is 38.3. The number of nitrogens with zero attached hydrogens (tertiary/aromatic N) is 2. The molecule has 0 saturated carbocycles. The molecular formula is C19H19F3N4S. The molecule has 1 aliphatic heterocycles. The van der Waals surface area contributed by atoms with Gasteiger partial charge < -0.3 is 15.5 Å². The summed E-state index contributed by atoms with van der Waals surface area (Å²) >= 11 is 5.45. The highest BCUT2D eigenvalue weighted by Crippen LogP contribution is 2.29. The van der Waals surface area contributed by atoms with Crippen LogP contribution in [0.1, 0.15) is 24.0 Å². The van der Waals surface area contributed by atoms with Crippen LogP contribution in [0.3, 0.4) is 0 Å². The Morgan fingerprint density at radius 1 is 1.30 bits per heavy atom. The van der Waals surface area contributed by atoms with E-state index in [-0.39, 0.29) is 6.04 Å². The van der Waals surface area contributed by atoms with Gasteiger partial charge in [0.2, 0.25) is 0 Å². The number of aryl methyl sites for hydroxylation is 1. The van der Waals surface area contributed by atoms with Gasteiger partial charge in [0.05, 0.1) is 0 Å². The van der Waals surface area contributed by atoms with Crippen molar-refractivity contribution in [2.75, 3.05) is 23.7 Å². The number of hydrogen-bond donors (Lipinski definition) is 2. The molecule has 8 heteroatoms. The molecule has 2 N–H and O–H groups in total. The number of rotatable bonds is 3. The zero-order chi connectivity index (χ0) is 19.4. The van der Waals surface area contributed by atoms with Crippen LogP contribution < -0.4 is 10.6 Å². The predicted octanol–water partition coefficient (Wildman–Crippen LogP) is 4.28. The number of likely N-dealkylation sites (tertiary alicyclic amines) is 1. The molecule has 1 aliphatic rings. The van der Waals surface area contributed by atoms with Gasteiger partial charge in [-0.05, 0) is 55.7 Å². The molecular weight excluding hydrogens is 373 g/mol. The second kappa shape index (κ2) is 8.01. The van der Waals surface area contributed by atoms with Gasteiger partial charge in [-0.25, -0.2) is 4.98 Å². The van der Waals surface area contributed by atoms with E-state index in [0.29, 0.717) is 29.7 Å². The molecule has 0 radical (unpaired) electrons. The number of pyridine rings is 1. The van der Waals surface area contributed by atoms with Crippen molar-refractivity contribution in [3.63, 3.8) is 0 Å². The summed E-state index contributed by atoms with van der Waals surface area (Å²) in [5.74, 6) is 0.705. The van der Waals surface area contributed by atoms with Gasteiger partial charge in [0, 0.05) is 37.1 Å². The lowest BCUT2D eigenvalue weighted by atomic mass is 10.0. The van der Waals surface area contributed by atoms with Crippen molar-refractivity contribution in [1.29, 1.82) is 0 Å². The average molecular weight is 392 g/mol. The molecule has 142 valence electrons. The number of nitrogens with one attached hydrogen (secondary N) is 2. The third kappa shape index (κ3) is 5.23.